The summed E-state index contributed by atoms with van der Waals surface area (Å²) >= 11 is 1.82. The van der Waals surface area contributed by atoms with Gasteiger partial charge >= 0.3 is 0 Å². The minimum absolute atomic E-state index is 0.174. The van der Waals surface area contributed by atoms with E-state index in [2.05, 4.69) is 36.5 Å². The highest BCUT2D eigenvalue weighted by molar-refractivity contribution is 7.09. The molecular weight excluding hydrogens is 204 g/mol. The average molecular weight is 224 g/mol. The second kappa shape index (κ2) is 4.22. The van der Waals surface area contributed by atoms with Gasteiger partial charge in [0.15, 0.2) is 0 Å². The monoisotopic (exact) mass is 224 g/mol. The Labute approximate surface area is 96.1 Å². The number of aromatic nitrogens is 1. The molecule has 2 atom stereocenters. The molecule has 1 aromatic rings. The standard InChI is InChI=1S/C12H20N2S/c1-4-13-12(7-5-6-9(12)2)11-14-10(3)8-15-11/h8-9,13H,4-7H2,1-3H3. The molecule has 3 heteroatoms. The van der Waals surface area contributed by atoms with Crippen molar-refractivity contribution >= 4 is 11.3 Å². The van der Waals surface area contributed by atoms with Gasteiger partial charge in [-0.05, 0) is 32.2 Å². The molecule has 15 heavy (non-hydrogen) atoms. The van der Waals surface area contributed by atoms with Crippen molar-refractivity contribution < 1.29 is 0 Å². The van der Waals surface area contributed by atoms with Gasteiger partial charge in [-0.2, -0.15) is 0 Å². The predicted molar refractivity (Wildman–Crippen MR) is 65.2 cm³/mol. The van der Waals surface area contributed by atoms with E-state index in [1.54, 1.807) is 0 Å². The highest BCUT2D eigenvalue weighted by Crippen LogP contribution is 2.44. The third kappa shape index (κ3) is 1.83. The van der Waals surface area contributed by atoms with Crippen molar-refractivity contribution in [2.45, 2.75) is 45.6 Å². The summed E-state index contributed by atoms with van der Waals surface area (Å²) in [6.07, 6.45) is 3.90. The van der Waals surface area contributed by atoms with E-state index in [0.717, 1.165) is 12.2 Å². The van der Waals surface area contributed by atoms with Gasteiger partial charge in [0.05, 0.1) is 5.54 Å². The van der Waals surface area contributed by atoms with E-state index in [9.17, 15) is 0 Å². The molecule has 0 bridgehead atoms. The number of thiazole rings is 1. The van der Waals surface area contributed by atoms with Crippen molar-refractivity contribution in [3.05, 3.63) is 16.1 Å². The number of hydrogen-bond acceptors (Lipinski definition) is 3. The molecule has 1 fully saturated rings. The number of nitrogens with zero attached hydrogens (tertiary/aromatic N) is 1. The zero-order valence-corrected chi connectivity index (χ0v) is 10.7. The molecule has 84 valence electrons. The zero-order chi connectivity index (χ0) is 10.9. The number of rotatable bonds is 3. The molecule has 0 aliphatic heterocycles. The maximum Gasteiger partial charge on any atom is 0.113 e. The van der Waals surface area contributed by atoms with Crippen LogP contribution in [0.1, 0.15) is 43.8 Å². The van der Waals surface area contributed by atoms with Crippen LogP contribution in [0.3, 0.4) is 0 Å². The van der Waals surface area contributed by atoms with Crippen LogP contribution in [-0.4, -0.2) is 11.5 Å². The molecule has 1 heterocycles. The van der Waals surface area contributed by atoms with Crippen LogP contribution in [-0.2, 0) is 5.54 Å². The average Bonchev–Trinajstić information content (AvgIpc) is 2.76. The van der Waals surface area contributed by atoms with Gasteiger partial charge in [-0.1, -0.05) is 20.3 Å². The minimum atomic E-state index is 0.174. The topological polar surface area (TPSA) is 24.9 Å². The van der Waals surface area contributed by atoms with Crippen molar-refractivity contribution in [3.63, 3.8) is 0 Å². The Bertz CT molecular complexity index is 334. The summed E-state index contributed by atoms with van der Waals surface area (Å²) in [7, 11) is 0. The molecule has 1 saturated carbocycles. The Hall–Kier alpha value is -0.410. The minimum Gasteiger partial charge on any atom is -0.305 e. The summed E-state index contributed by atoms with van der Waals surface area (Å²) in [6.45, 7) is 7.65. The van der Waals surface area contributed by atoms with Crippen molar-refractivity contribution in [2.24, 2.45) is 5.92 Å². The third-order valence-electron chi connectivity index (χ3n) is 3.54. The maximum atomic E-state index is 4.69. The van der Waals surface area contributed by atoms with Crippen LogP contribution in [0.25, 0.3) is 0 Å². The molecule has 1 N–H and O–H groups in total. The quantitative estimate of drug-likeness (QED) is 0.853. The van der Waals surface area contributed by atoms with Gasteiger partial charge in [0.1, 0.15) is 5.01 Å². The second-order valence-corrected chi connectivity index (χ2v) is 5.45. The fraction of sp³-hybridized carbons (Fsp3) is 0.750. The van der Waals surface area contributed by atoms with Crippen molar-refractivity contribution in [1.82, 2.24) is 10.3 Å². The molecule has 1 aromatic heterocycles. The second-order valence-electron chi connectivity index (χ2n) is 4.59. The van der Waals surface area contributed by atoms with Crippen molar-refractivity contribution in [2.75, 3.05) is 6.54 Å². The molecule has 0 spiro atoms. The summed E-state index contributed by atoms with van der Waals surface area (Å²) in [5.74, 6) is 0.711. The van der Waals surface area contributed by atoms with Crippen molar-refractivity contribution in [3.8, 4) is 0 Å². The lowest BCUT2D eigenvalue weighted by Gasteiger charge is -2.32. The van der Waals surface area contributed by atoms with Crippen LogP contribution >= 0.6 is 11.3 Å². The van der Waals surface area contributed by atoms with E-state index in [1.165, 1.54) is 24.3 Å². The summed E-state index contributed by atoms with van der Waals surface area (Å²) in [5.41, 5.74) is 1.33. The number of aryl methyl sites for hydroxylation is 1. The van der Waals surface area contributed by atoms with Crippen LogP contribution in [0.15, 0.2) is 5.38 Å². The fourth-order valence-corrected chi connectivity index (χ4v) is 3.83. The van der Waals surface area contributed by atoms with E-state index in [0.29, 0.717) is 5.92 Å². The number of nitrogens with one attached hydrogen (secondary N) is 1. The van der Waals surface area contributed by atoms with E-state index < -0.39 is 0 Å². The maximum absolute atomic E-state index is 4.69. The van der Waals surface area contributed by atoms with E-state index >= 15 is 0 Å². The normalized spacial score (nSPS) is 31.0. The van der Waals surface area contributed by atoms with E-state index in [1.807, 2.05) is 11.3 Å². The van der Waals surface area contributed by atoms with Gasteiger partial charge in [-0.3, -0.25) is 0 Å². The van der Waals surface area contributed by atoms with E-state index in [-0.39, 0.29) is 5.54 Å². The smallest absolute Gasteiger partial charge is 0.113 e. The first-order valence-electron chi connectivity index (χ1n) is 5.86. The van der Waals surface area contributed by atoms with Crippen LogP contribution in [0, 0.1) is 12.8 Å². The summed E-state index contributed by atoms with van der Waals surface area (Å²) in [4.78, 5) is 4.69. The lowest BCUT2D eigenvalue weighted by Crippen LogP contribution is -2.44. The molecule has 1 aliphatic carbocycles. The van der Waals surface area contributed by atoms with Crippen LogP contribution in [0.2, 0.25) is 0 Å². The largest absolute Gasteiger partial charge is 0.305 e. The molecule has 1 aliphatic rings. The Morgan fingerprint density at radius 2 is 2.47 bits per heavy atom. The Morgan fingerprint density at radius 1 is 1.67 bits per heavy atom. The molecular formula is C12H20N2S. The van der Waals surface area contributed by atoms with Crippen LogP contribution in [0.5, 0.6) is 0 Å². The van der Waals surface area contributed by atoms with Gasteiger partial charge < -0.3 is 5.32 Å². The first-order valence-corrected chi connectivity index (χ1v) is 6.74. The summed E-state index contributed by atoms with van der Waals surface area (Å²) in [5, 5.41) is 7.15. The highest BCUT2D eigenvalue weighted by Gasteiger charge is 2.43. The molecule has 0 aromatic carbocycles. The van der Waals surface area contributed by atoms with Gasteiger partial charge in [0.25, 0.3) is 0 Å². The predicted octanol–water partition coefficient (Wildman–Crippen LogP) is 3.08. The summed E-state index contributed by atoms with van der Waals surface area (Å²) < 4.78 is 0. The van der Waals surface area contributed by atoms with Crippen LogP contribution < -0.4 is 5.32 Å². The van der Waals surface area contributed by atoms with Gasteiger partial charge in [-0.15, -0.1) is 11.3 Å². The first kappa shape index (κ1) is 11.1. The highest BCUT2D eigenvalue weighted by atomic mass is 32.1. The van der Waals surface area contributed by atoms with E-state index in [4.69, 9.17) is 0 Å². The Balaban J connectivity index is 2.33. The fourth-order valence-electron chi connectivity index (χ4n) is 2.71. The molecule has 2 rings (SSSR count). The molecule has 0 amide bonds. The number of hydrogen-bond donors (Lipinski definition) is 1. The van der Waals surface area contributed by atoms with Crippen LogP contribution in [0.4, 0.5) is 0 Å². The molecule has 0 radical (unpaired) electrons. The summed E-state index contributed by atoms with van der Waals surface area (Å²) in [6, 6.07) is 0. The Kier molecular flexibility index (Phi) is 3.12. The molecule has 0 saturated heterocycles. The lowest BCUT2D eigenvalue weighted by atomic mass is 9.89. The molecule has 2 unspecified atom stereocenters. The third-order valence-corrected chi connectivity index (χ3v) is 4.68. The SMILES string of the molecule is CCNC1(c2nc(C)cs2)CCCC1C. The first-order chi connectivity index (χ1) is 7.19. The molecule has 2 nitrogen and oxygen atoms in total. The van der Waals surface area contributed by atoms with Gasteiger partial charge in [-0.25, -0.2) is 4.98 Å². The lowest BCUT2D eigenvalue weighted by molar-refractivity contribution is 0.267. The van der Waals surface area contributed by atoms with Gasteiger partial charge in [0.2, 0.25) is 0 Å². The zero-order valence-electron chi connectivity index (χ0n) is 9.84. The van der Waals surface area contributed by atoms with Crippen molar-refractivity contribution in [1.29, 1.82) is 0 Å². The Morgan fingerprint density at radius 3 is 2.93 bits per heavy atom. The van der Waals surface area contributed by atoms with Gasteiger partial charge in [0, 0.05) is 11.1 Å².